The molecular formula is C21H22NOP. The Labute approximate surface area is 144 Å². The first-order valence-electron chi connectivity index (χ1n) is 8.72. The molecule has 0 radical (unpaired) electrons. The molecule has 0 spiro atoms. The number of benzene rings is 2. The Morgan fingerprint density at radius 3 is 2.04 bits per heavy atom. The Morgan fingerprint density at radius 2 is 1.46 bits per heavy atom. The minimum absolute atomic E-state index is 0.413. The van der Waals surface area contributed by atoms with Crippen LogP contribution in [0.15, 0.2) is 77.5 Å². The maximum Gasteiger partial charge on any atom is 0.197 e. The lowest BCUT2D eigenvalue weighted by atomic mass is 9.88. The van der Waals surface area contributed by atoms with Crippen LogP contribution in [0.3, 0.4) is 0 Å². The molecule has 122 valence electrons. The molecular weight excluding hydrogens is 313 g/mol. The van der Waals surface area contributed by atoms with E-state index in [0.29, 0.717) is 11.6 Å². The molecule has 24 heavy (non-hydrogen) atoms. The summed E-state index contributed by atoms with van der Waals surface area (Å²) in [5.41, 5.74) is 0.595. The van der Waals surface area contributed by atoms with Gasteiger partial charge in [0.15, 0.2) is 5.89 Å². The van der Waals surface area contributed by atoms with Crippen molar-refractivity contribution >= 4 is 18.5 Å². The number of rotatable bonds is 4. The first-order valence-corrected chi connectivity index (χ1v) is 10.1. The van der Waals surface area contributed by atoms with Gasteiger partial charge in [0.1, 0.15) is 6.26 Å². The van der Waals surface area contributed by atoms with Crippen molar-refractivity contribution in [3.05, 3.63) is 79.0 Å². The average molecular weight is 335 g/mol. The van der Waals surface area contributed by atoms with Crippen LogP contribution in [0, 0.1) is 0 Å². The van der Waals surface area contributed by atoms with E-state index in [1.54, 1.807) is 12.5 Å². The molecule has 0 aliphatic heterocycles. The summed E-state index contributed by atoms with van der Waals surface area (Å²) < 4.78 is 5.72. The fraction of sp³-hybridized carbons (Fsp3) is 0.286. The zero-order valence-corrected chi connectivity index (χ0v) is 14.6. The van der Waals surface area contributed by atoms with Gasteiger partial charge in [0.2, 0.25) is 0 Å². The molecule has 4 rings (SSSR count). The molecule has 0 amide bonds. The van der Waals surface area contributed by atoms with E-state index in [2.05, 4.69) is 65.6 Å². The number of aromatic nitrogens is 1. The third-order valence-corrected chi connectivity index (χ3v) is 7.89. The van der Waals surface area contributed by atoms with Crippen molar-refractivity contribution in [2.75, 3.05) is 0 Å². The molecule has 1 heterocycles. The van der Waals surface area contributed by atoms with Crippen molar-refractivity contribution in [2.45, 2.75) is 37.3 Å². The number of hydrogen-bond donors (Lipinski definition) is 0. The van der Waals surface area contributed by atoms with Gasteiger partial charge < -0.3 is 4.42 Å². The van der Waals surface area contributed by atoms with E-state index < -0.39 is 7.92 Å². The second-order valence-corrected chi connectivity index (χ2v) is 8.81. The van der Waals surface area contributed by atoms with Crippen LogP contribution in [0.4, 0.5) is 0 Å². The Kier molecular flexibility index (Phi) is 4.76. The molecule has 2 atom stereocenters. The molecule has 2 aromatic carbocycles. The third-order valence-electron chi connectivity index (χ3n) is 4.90. The number of nitrogens with zero attached hydrogens (tertiary/aromatic N) is 1. The van der Waals surface area contributed by atoms with Crippen molar-refractivity contribution in [3.63, 3.8) is 0 Å². The Bertz CT molecular complexity index is 703. The maximum absolute atomic E-state index is 5.72. The molecule has 1 aromatic heterocycles. The molecule has 1 aliphatic carbocycles. The Balaban J connectivity index is 1.77. The molecule has 2 unspecified atom stereocenters. The summed E-state index contributed by atoms with van der Waals surface area (Å²) in [4.78, 5) is 4.50. The van der Waals surface area contributed by atoms with E-state index >= 15 is 0 Å². The van der Waals surface area contributed by atoms with Gasteiger partial charge in [0, 0.05) is 5.92 Å². The topological polar surface area (TPSA) is 26.0 Å². The monoisotopic (exact) mass is 335 g/mol. The van der Waals surface area contributed by atoms with E-state index in [-0.39, 0.29) is 0 Å². The summed E-state index contributed by atoms with van der Waals surface area (Å²) in [6.07, 6.45) is 8.52. The van der Waals surface area contributed by atoms with Gasteiger partial charge >= 0.3 is 0 Å². The molecule has 3 heteroatoms. The number of oxazole rings is 1. The lowest BCUT2D eigenvalue weighted by Gasteiger charge is -2.36. The van der Waals surface area contributed by atoms with Crippen LogP contribution in [-0.2, 0) is 0 Å². The summed E-state index contributed by atoms with van der Waals surface area (Å²) in [5, 5.41) is 2.92. The third kappa shape index (κ3) is 3.16. The predicted octanol–water partition coefficient (Wildman–Crippen LogP) is 4.83. The van der Waals surface area contributed by atoms with Crippen molar-refractivity contribution in [1.82, 2.24) is 4.98 Å². The highest BCUT2D eigenvalue weighted by Crippen LogP contribution is 2.51. The predicted molar refractivity (Wildman–Crippen MR) is 101 cm³/mol. The van der Waals surface area contributed by atoms with E-state index in [0.717, 1.165) is 5.89 Å². The normalized spacial score (nSPS) is 21.0. The van der Waals surface area contributed by atoms with E-state index in [1.165, 1.54) is 36.3 Å². The van der Waals surface area contributed by atoms with Crippen molar-refractivity contribution < 1.29 is 4.42 Å². The average Bonchev–Trinajstić information content (AvgIpc) is 3.19. The van der Waals surface area contributed by atoms with E-state index in [1.807, 2.05) is 0 Å². The smallest absolute Gasteiger partial charge is 0.197 e. The summed E-state index contributed by atoms with van der Waals surface area (Å²) in [6, 6.07) is 22.0. The van der Waals surface area contributed by atoms with Crippen molar-refractivity contribution in [2.24, 2.45) is 0 Å². The van der Waals surface area contributed by atoms with Gasteiger partial charge in [-0.1, -0.05) is 73.5 Å². The molecule has 3 aromatic rings. The minimum atomic E-state index is -0.413. The zero-order valence-electron chi connectivity index (χ0n) is 13.7. The van der Waals surface area contributed by atoms with Gasteiger partial charge in [-0.2, -0.15) is 0 Å². The quantitative estimate of drug-likeness (QED) is 0.638. The molecule has 1 fully saturated rings. The van der Waals surface area contributed by atoms with Gasteiger partial charge in [-0.25, -0.2) is 4.98 Å². The summed E-state index contributed by atoms with van der Waals surface area (Å²) in [7, 11) is -0.413. The highest BCUT2D eigenvalue weighted by Gasteiger charge is 2.36. The molecule has 0 N–H and O–H groups in total. The Hall–Kier alpha value is -1.92. The zero-order chi connectivity index (χ0) is 16.2. The summed E-state index contributed by atoms with van der Waals surface area (Å²) in [6.45, 7) is 0. The highest BCUT2D eigenvalue weighted by atomic mass is 31.1. The first kappa shape index (κ1) is 15.6. The van der Waals surface area contributed by atoms with Gasteiger partial charge in [0.25, 0.3) is 0 Å². The van der Waals surface area contributed by atoms with Crippen LogP contribution < -0.4 is 10.6 Å². The molecule has 2 nitrogen and oxygen atoms in total. The van der Waals surface area contributed by atoms with Crippen LogP contribution in [0.5, 0.6) is 0 Å². The minimum Gasteiger partial charge on any atom is -0.449 e. The van der Waals surface area contributed by atoms with Gasteiger partial charge in [0.05, 0.1) is 6.20 Å². The van der Waals surface area contributed by atoms with Gasteiger partial charge in [-0.05, 0) is 37.0 Å². The maximum atomic E-state index is 5.72. The second kappa shape index (κ2) is 7.32. The highest BCUT2D eigenvalue weighted by molar-refractivity contribution is 7.73. The van der Waals surface area contributed by atoms with Gasteiger partial charge in [-0.3, -0.25) is 0 Å². The van der Waals surface area contributed by atoms with Crippen molar-refractivity contribution in [3.8, 4) is 0 Å². The second-order valence-electron chi connectivity index (χ2n) is 6.37. The number of hydrogen-bond acceptors (Lipinski definition) is 2. The standard InChI is InChI=1S/C21H22NOP/c1-3-9-17(10-4-1)24(18-11-5-2-6-12-18)20-14-8-7-13-19(20)21-22-15-16-23-21/h1-6,9-12,15-16,19-20H,7-8,13-14H2. The fourth-order valence-electron chi connectivity index (χ4n) is 3.84. The molecule has 1 saturated carbocycles. The summed E-state index contributed by atoms with van der Waals surface area (Å²) >= 11 is 0. The van der Waals surface area contributed by atoms with E-state index in [9.17, 15) is 0 Å². The molecule has 0 bridgehead atoms. The van der Waals surface area contributed by atoms with Crippen molar-refractivity contribution in [1.29, 1.82) is 0 Å². The lowest BCUT2D eigenvalue weighted by molar-refractivity contribution is 0.369. The van der Waals surface area contributed by atoms with Crippen LogP contribution in [-0.4, -0.2) is 10.6 Å². The first-order chi connectivity index (χ1) is 11.9. The van der Waals surface area contributed by atoms with Gasteiger partial charge in [-0.15, -0.1) is 0 Å². The molecule has 1 aliphatic rings. The largest absolute Gasteiger partial charge is 0.449 e. The SMILES string of the molecule is c1ccc(P(c2ccccc2)C2CCCCC2c2ncco2)cc1. The lowest BCUT2D eigenvalue weighted by Crippen LogP contribution is -2.29. The molecule has 0 saturated heterocycles. The summed E-state index contributed by atoms with van der Waals surface area (Å²) in [5.74, 6) is 1.36. The van der Waals surface area contributed by atoms with E-state index in [4.69, 9.17) is 4.42 Å². The Morgan fingerprint density at radius 1 is 0.833 bits per heavy atom. The van der Waals surface area contributed by atoms with Crippen LogP contribution >= 0.6 is 7.92 Å². The van der Waals surface area contributed by atoms with Crippen LogP contribution in [0.25, 0.3) is 0 Å². The van der Waals surface area contributed by atoms with Crippen LogP contribution in [0.1, 0.15) is 37.5 Å². The fourth-order valence-corrected chi connectivity index (χ4v) is 6.96. The van der Waals surface area contributed by atoms with Crippen LogP contribution in [0.2, 0.25) is 0 Å².